The van der Waals surface area contributed by atoms with Crippen LogP contribution in [-0.4, -0.2) is 14.2 Å². The molecule has 0 heterocycles. The summed E-state index contributed by atoms with van der Waals surface area (Å²) in [5.74, 6) is 0.126. The van der Waals surface area contributed by atoms with E-state index in [0.29, 0.717) is 0 Å². The molecule has 3 nitrogen and oxygen atoms in total. The summed E-state index contributed by atoms with van der Waals surface area (Å²) in [5, 5.41) is 0. The van der Waals surface area contributed by atoms with Crippen LogP contribution in [0.4, 0.5) is 0 Å². The third-order valence-electron chi connectivity index (χ3n) is 2.35. The van der Waals surface area contributed by atoms with Gasteiger partial charge < -0.3 is 0 Å². The maximum atomic E-state index is 12.0. The van der Waals surface area contributed by atoms with Crippen LogP contribution in [0, 0.1) is 5.41 Å². The molecule has 102 valence electrons. The van der Waals surface area contributed by atoms with Gasteiger partial charge in [-0.2, -0.15) is 0 Å². The Morgan fingerprint density at radius 1 is 1.22 bits per heavy atom. The van der Waals surface area contributed by atoms with Crippen LogP contribution in [0.3, 0.4) is 0 Å². The van der Waals surface area contributed by atoms with Gasteiger partial charge in [0.1, 0.15) is 0 Å². The standard InChI is InChI=1S/C13H20BrNO2S/c1-10(11-5-7-12(14)8-6-11)15-18(16,17)9-13(2,3)4/h5-8,10,15H,9H2,1-4H3. The Balaban J connectivity index is 2.76. The summed E-state index contributed by atoms with van der Waals surface area (Å²) in [6, 6.07) is 7.42. The molecular weight excluding hydrogens is 314 g/mol. The predicted molar refractivity (Wildman–Crippen MR) is 78.9 cm³/mol. The Labute approximate surface area is 118 Å². The zero-order chi connectivity index (χ0) is 14.0. The van der Waals surface area contributed by atoms with Gasteiger partial charge in [0.05, 0.1) is 5.75 Å². The monoisotopic (exact) mass is 333 g/mol. The Morgan fingerprint density at radius 3 is 2.17 bits per heavy atom. The molecule has 1 atom stereocenters. The first-order valence-corrected chi connectivity index (χ1v) is 8.29. The molecule has 0 aliphatic carbocycles. The van der Waals surface area contributed by atoms with Gasteiger partial charge in [0.25, 0.3) is 0 Å². The Kier molecular flexibility index (Phi) is 4.98. The van der Waals surface area contributed by atoms with Crippen molar-refractivity contribution in [3.05, 3.63) is 34.3 Å². The molecule has 1 aromatic rings. The van der Waals surface area contributed by atoms with Crippen molar-refractivity contribution in [2.24, 2.45) is 5.41 Å². The molecule has 0 saturated carbocycles. The topological polar surface area (TPSA) is 46.2 Å². The van der Waals surface area contributed by atoms with E-state index in [2.05, 4.69) is 20.7 Å². The normalized spacial score (nSPS) is 14.5. The second-order valence-electron chi connectivity index (χ2n) is 5.71. The number of sulfonamides is 1. The van der Waals surface area contributed by atoms with Gasteiger partial charge in [-0.1, -0.05) is 48.8 Å². The van der Waals surface area contributed by atoms with Crippen LogP contribution in [0.1, 0.15) is 39.3 Å². The quantitative estimate of drug-likeness (QED) is 0.916. The predicted octanol–water partition coefficient (Wildman–Crippen LogP) is 3.48. The highest BCUT2D eigenvalue weighted by Crippen LogP contribution is 2.20. The molecule has 1 rings (SSSR count). The molecule has 0 amide bonds. The fourth-order valence-electron chi connectivity index (χ4n) is 1.70. The number of hydrogen-bond donors (Lipinski definition) is 1. The minimum Gasteiger partial charge on any atom is -0.212 e. The summed E-state index contributed by atoms with van der Waals surface area (Å²) in [5.41, 5.74) is 0.710. The van der Waals surface area contributed by atoms with Crippen LogP contribution < -0.4 is 4.72 Å². The first kappa shape index (κ1) is 15.7. The van der Waals surface area contributed by atoms with Crippen LogP contribution in [0.5, 0.6) is 0 Å². The fraction of sp³-hybridized carbons (Fsp3) is 0.538. The van der Waals surface area contributed by atoms with E-state index in [9.17, 15) is 8.42 Å². The van der Waals surface area contributed by atoms with E-state index in [-0.39, 0.29) is 17.2 Å². The van der Waals surface area contributed by atoms with Gasteiger partial charge >= 0.3 is 0 Å². The average Bonchev–Trinajstić information content (AvgIpc) is 2.13. The summed E-state index contributed by atoms with van der Waals surface area (Å²) in [7, 11) is -3.26. The number of benzene rings is 1. The van der Waals surface area contributed by atoms with E-state index in [1.54, 1.807) is 0 Å². The van der Waals surface area contributed by atoms with E-state index < -0.39 is 10.0 Å². The lowest BCUT2D eigenvalue weighted by atomic mass is 10.0. The van der Waals surface area contributed by atoms with Crippen molar-refractivity contribution in [2.75, 3.05) is 5.75 Å². The Bertz CT molecular complexity index is 489. The maximum absolute atomic E-state index is 12.0. The zero-order valence-electron chi connectivity index (χ0n) is 11.2. The molecule has 5 heteroatoms. The summed E-state index contributed by atoms with van der Waals surface area (Å²) in [4.78, 5) is 0. The number of halogens is 1. The molecule has 1 aromatic carbocycles. The second kappa shape index (κ2) is 5.72. The first-order valence-electron chi connectivity index (χ1n) is 5.84. The van der Waals surface area contributed by atoms with Gasteiger partial charge in [0.2, 0.25) is 10.0 Å². The molecule has 1 unspecified atom stereocenters. The minimum atomic E-state index is -3.26. The molecule has 0 aliphatic rings. The summed E-state index contributed by atoms with van der Waals surface area (Å²) in [6.45, 7) is 7.59. The van der Waals surface area contributed by atoms with Crippen molar-refractivity contribution < 1.29 is 8.42 Å². The van der Waals surface area contributed by atoms with E-state index in [1.165, 1.54) is 0 Å². The summed E-state index contributed by atoms with van der Waals surface area (Å²) in [6.07, 6.45) is 0. The van der Waals surface area contributed by atoms with Crippen molar-refractivity contribution in [3.8, 4) is 0 Å². The largest absolute Gasteiger partial charge is 0.212 e. The van der Waals surface area contributed by atoms with Gasteiger partial charge in [-0.3, -0.25) is 0 Å². The number of rotatable bonds is 4. The van der Waals surface area contributed by atoms with Crippen molar-refractivity contribution in [1.82, 2.24) is 4.72 Å². The van der Waals surface area contributed by atoms with Crippen molar-refractivity contribution in [1.29, 1.82) is 0 Å². The lowest BCUT2D eigenvalue weighted by Crippen LogP contribution is -2.34. The fourth-order valence-corrected chi connectivity index (χ4v) is 3.86. The first-order chi connectivity index (χ1) is 8.09. The lowest BCUT2D eigenvalue weighted by Gasteiger charge is -2.21. The summed E-state index contributed by atoms with van der Waals surface area (Å²) < 4.78 is 27.6. The molecule has 1 N–H and O–H groups in total. The summed E-state index contributed by atoms with van der Waals surface area (Å²) >= 11 is 3.36. The highest BCUT2D eigenvalue weighted by molar-refractivity contribution is 9.10. The number of hydrogen-bond acceptors (Lipinski definition) is 2. The van der Waals surface area contributed by atoms with Crippen LogP contribution in [0.15, 0.2) is 28.7 Å². The van der Waals surface area contributed by atoms with E-state index in [1.807, 2.05) is 52.0 Å². The van der Waals surface area contributed by atoms with Gasteiger partial charge in [-0.05, 0) is 30.0 Å². The van der Waals surface area contributed by atoms with Gasteiger partial charge in [0.15, 0.2) is 0 Å². The lowest BCUT2D eigenvalue weighted by molar-refractivity contribution is 0.455. The van der Waals surface area contributed by atoms with Crippen molar-refractivity contribution >= 4 is 26.0 Å². The molecule has 0 saturated heterocycles. The van der Waals surface area contributed by atoms with Gasteiger partial charge in [0, 0.05) is 10.5 Å². The SMILES string of the molecule is CC(NS(=O)(=O)CC(C)(C)C)c1ccc(Br)cc1. The molecule has 0 spiro atoms. The van der Waals surface area contributed by atoms with Crippen LogP contribution in [0.2, 0.25) is 0 Å². The maximum Gasteiger partial charge on any atom is 0.212 e. The molecule has 0 aliphatic heterocycles. The van der Waals surface area contributed by atoms with Crippen molar-refractivity contribution in [2.45, 2.75) is 33.7 Å². The van der Waals surface area contributed by atoms with Crippen LogP contribution in [0.25, 0.3) is 0 Å². The number of nitrogens with one attached hydrogen (secondary N) is 1. The third-order valence-corrected chi connectivity index (χ3v) is 4.84. The molecule has 0 bridgehead atoms. The molecule has 18 heavy (non-hydrogen) atoms. The van der Waals surface area contributed by atoms with E-state index in [0.717, 1.165) is 10.0 Å². The van der Waals surface area contributed by atoms with Gasteiger partial charge in [-0.15, -0.1) is 0 Å². The zero-order valence-corrected chi connectivity index (χ0v) is 13.6. The second-order valence-corrected chi connectivity index (χ2v) is 8.38. The highest BCUT2D eigenvalue weighted by Gasteiger charge is 2.23. The smallest absolute Gasteiger partial charge is 0.212 e. The van der Waals surface area contributed by atoms with E-state index in [4.69, 9.17) is 0 Å². The third kappa shape index (κ3) is 5.50. The minimum absolute atomic E-state index is 0.126. The average molecular weight is 334 g/mol. The van der Waals surface area contributed by atoms with Crippen LogP contribution in [-0.2, 0) is 10.0 Å². The van der Waals surface area contributed by atoms with Crippen LogP contribution >= 0.6 is 15.9 Å². The molecular formula is C13H20BrNO2S. The molecule has 0 fully saturated rings. The molecule has 0 radical (unpaired) electrons. The van der Waals surface area contributed by atoms with Crippen molar-refractivity contribution in [3.63, 3.8) is 0 Å². The van der Waals surface area contributed by atoms with Gasteiger partial charge in [-0.25, -0.2) is 13.1 Å². The highest BCUT2D eigenvalue weighted by atomic mass is 79.9. The van der Waals surface area contributed by atoms with E-state index >= 15 is 0 Å². The Hall–Kier alpha value is -0.390. The Morgan fingerprint density at radius 2 is 1.72 bits per heavy atom. The molecule has 0 aromatic heterocycles.